The van der Waals surface area contributed by atoms with Crippen LogP contribution in [-0.2, 0) is 0 Å². The highest BCUT2D eigenvalue weighted by atomic mass is 14.9. The Bertz CT molecular complexity index is 203. The Morgan fingerprint density at radius 2 is 1.57 bits per heavy atom. The molecule has 14 heavy (non-hydrogen) atoms. The number of aliphatic imine (C=N–C) groups is 1. The van der Waals surface area contributed by atoms with Gasteiger partial charge in [-0.15, -0.1) is 0 Å². The molecule has 0 saturated heterocycles. The van der Waals surface area contributed by atoms with Gasteiger partial charge in [0.2, 0.25) is 0 Å². The Labute approximate surface area is 89.0 Å². The topological polar surface area (TPSA) is 38.4 Å². The lowest BCUT2D eigenvalue weighted by atomic mass is 9.82. The monoisotopic (exact) mass is 198 g/mol. The molecule has 84 valence electrons. The van der Waals surface area contributed by atoms with Crippen LogP contribution in [0.1, 0.15) is 48.5 Å². The normalized spacial score (nSPS) is 16.9. The fourth-order valence-electron chi connectivity index (χ4n) is 0.746. The summed E-state index contributed by atoms with van der Waals surface area (Å²) in [5.41, 5.74) is 6.20. The largest absolute Gasteiger partial charge is 0.387 e. The standard InChI is InChI=1S/C12H26N2/c1-9(11(2,3)4)8-14-10(13)12(5,6)7/h9H,8H2,1-7H3,(H2,13,14). The van der Waals surface area contributed by atoms with Crippen LogP contribution in [0.15, 0.2) is 4.99 Å². The van der Waals surface area contributed by atoms with Crippen LogP contribution in [-0.4, -0.2) is 12.4 Å². The molecule has 0 bridgehead atoms. The average molecular weight is 198 g/mol. The summed E-state index contributed by atoms with van der Waals surface area (Å²) >= 11 is 0. The van der Waals surface area contributed by atoms with Crippen LogP contribution in [0.3, 0.4) is 0 Å². The number of hydrogen-bond acceptors (Lipinski definition) is 1. The molecule has 0 aliphatic heterocycles. The molecule has 2 nitrogen and oxygen atoms in total. The van der Waals surface area contributed by atoms with E-state index in [0.29, 0.717) is 11.3 Å². The number of nitrogens with zero attached hydrogens (tertiary/aromatic N) is 1. The molecule has 0 heterocycles. The van der Waals surface area contributed by atoms with Crippen molar-refractivity contribution in [2.75, 3.05) is 6.54 Å². The van der Waals surface area contributed by atoms with Crippen molar-refractivity contribution in [3.8, 4) is 0 Å². The first-order chi connectivity index (χ1) is 6.05. The maximum Gasteiger partial charge on any atom is 0.0991 e. The zero-order valence-electron chi connectivity index (χ0n) is 10.8. The minimum Gasteiger partial charge on any atom is -0.387 e. The van der Waals surface area contributed by atoms with Crippen LogP contribution >= 0.6 is 0 Å². The Morgan fingerprint density at radius 1 is 1.14 bits per heavy atom. The predicted molar refractivity (Wildman–Crippen MR) is 64.6 cm³/mol. The first-order valence-corrected chi connectivity index (χ1v) is 5.35. The summed E-state index contributed by atoms with van der Waals surface area (Å²) in [6.45, 7) is 16.0. The summed E-state index contributed by atoms with van der Waals surface area (Å²) in [5, 5.41) is 0. The number of amidine groups is 1. The van der Waals surface area contributed by atoms with Gasteiger partial charge >= 0.3 is 0 Å². The lowest BCUT2D eigenvalue weighted by Crippen LogP contribution is -2.30. The van der Waals surface area contributed by atoms with Gasteiger partial charge in [0.05, 0.1) is 5.84 Å². The van der Waals surface area contributed by atoms with Crippen LogP contribution in [0.25, 0.3) is 0 Å². The summed E-state index contributed by atoms with van der Waals surface area (Å²) in [4.78, 5) is 4.46. The average Bonchev–Trinajstić information content (AvgIpc) is 1.95. The summed E-state index contributed by atoms with van der Waals surface area (Å²) < 4.78 is 0. The number of rotatable bonds is 2. The van der Waals surface area contributed by atoms with E-state index < -0.39 is 0 Å². The lowest BCUT2D eigenvalue weighted by Gasteiger charge is -2.26. The molecule has 0 aliphatic carbocycles. The zero-order chi connectivity index (χ0) is 11.6. The highest BCUT2D eigenvalue weighted by molar-refractivity contribution is 5.85. The van der Waals surface area contributed by atoms with Gasteiger partial charge in [-0.2, -0.15) is 0 Å². The number of hydrogen-bond donors (Lipinski definition) is 1. The van der Waals surface area contributed by atoms with E-state index in [1.165, 1.54) is 0 Å². The quantitative estimate of drug-likeness (QED) is 0.537. The van der Waals surface area contributed by atoms with Gasteiger partial charge in [0.25, 0.3) is 0 Å². The highest BCUT2D eigenvalue weighted by Crippen LogP contribution is 2.25. The fraction of sp³-hybridized carbons (Fsp3) is 0.917. The molecule has 1 unspecified atom stereocenters. The Kier molecular flexibility index (Phi) is 4.16. The van der Waals surface area contributed by atoms with Crippen molar-refractivity contribution in [3.05, 3.63) is 0 Å². The minimum absolute atomic E-state index is 0.00238. The van der Waals surface area contributed by atoms with Crippen molar-refractivity contribution in [1.29, 1.82) is 0 Å². The van der Waals surface area contributed by atoms with Gasteiger partial charge in [-0.3, -0.25) is 4.99 Å². The molecule has 0 fully saturated rings. The molecule has 0 aromatic rings. The summed E-state index contributed by atoms with van der Waals surface area (Å²) in [5.74, 6) is 1.32. The van der Waals surface area contributed by atoms with Crippen LogP contribution in [0.2, 0.25) is 0 Å². The molecule has 0 aliphatic rings. The van der Waals surface area contributed by atoms with Crippen molar-refractivity contribution in [3.63, 3.8) is 0 Å². The first kappa shape index (κ1) is 13.5. The zero-order valence-corrected chi connectivity index (χ0v) is 10.8. The molecule has 2 N–H and O–H groups in total. The second-order valence-electron chi connectivity index (χ2n) is 6.24. The third kappa shape index (κ3) is 4.64. The van der Waals surface area contributed by atoms with E-state index in [-0.39, 0.29) is 5.41 Å². The third-order valence-electron chi connectivity index (χ3n) is 2.78. The van der Waals surface area contributed by atoms with E-state index in [9.17, 15) is 0 Å². The van der Waals surface area contributed by atoms with Crippen molar-refractivity contribution in [2.45, 2.75) is 48.5 Å². The smallest absolute Gasteiger partial charge is 0.0991 e. The van der Waals surface area contributed by atoms with E-state index in [1.54, 1.807) is 0 Å². The first-order valence-electron chi connectivity index (χ1n) is 5.35. The Hall–Kier alpha value is -0.530. The van der Waals surface area contributed by atoms with Gasteiger partial charge in [0.15, 0.2) is 0 Å². The molecule has 2 heteroatoms. The second kappa shape index (κ2) is 4.33. The van der Waals surface area contributed by atoms with Crippen molar-refractivity contribution in [2.24, 2.45) is 27.5 Å². The van der Waals surface area contributed by atoms with Gasteiger partial charge in [0, 0.05) is 12.0 Å². The number of nitrogens with two attached hydrogens (primary N) is 1. The highest BCUT2D eigenvalue weighted by Gasteiger charge is 2.21. The van der Waals surface area contributed by atoms with E-state index in [0.717, 1.165) is 12.4 Å². The van der Waals surface area contributed by atoms with Gasteiger partial charge in [-0.05, 0) is 11.3 Å². The van der Waals surface area contributed by atoms with Crippen LogP contribution in [0, 0.1) is 16.7 Å². The van der Waals surface area contributed by atoms with Gasteiger partial charge in [0.1, 0.15) is 0 Å². The SMILES string of the molecule is CC(CN=C(N)C(C)(C)C)C(C)(C)C. The Morgan fingerprint density at radius 3 is 1.86 bits per heavy atom. The second-order valence-corrected chi connectivity index (χ2v) is 6.24. The maximum atomic E-state index is 5.89. The third-order valence-corrected chi connectivity index (χ3v) is 2.78. The molecular formula is C12H26N2. The molecule has 0 saturated carbocycles. The summed E-state index contributed by atoms with van der Waals surface area (Å²) in [6, 6.07) is 0. The van der Waals surface area contributed by atoms with E-state index in [4.69, 9.17) is 5.73 Å². The molecular weight excluding hydrogens is 172 g/mol. The molecule has 0 rings (SSSR count). The summed E-state index contributed by atoms with van der Waals surface area (Å²) in [6.07, 6.45) is 0. The van der Waals surface area contributed by atoms with E-state index >= 15 is 0 Å². The molecule has 1 atom stereocenters. The van der Waals surface area contributed by atoms with Crippen molar-refractivity contribution in [1.82, 2.24) is 0 Å². The summed E-state index contributed by atoms with van der Waals surface area (Å²) in [7, 11) is 0. The van der Waals surface area contributed by atoms with Crippen molar-refractivity contribution < 1.29 is 0 Å². The molecule has 0 amide bonds. The van der Waals surface area contributed by atoms with E-state index in [1.807, 2.05) is 0 Å². The maximum absolute atomic E-state index is 5.89. The van der Waals surface area contributed by atoms with Gasteiger partial charge in [-0.25, -0.2) is 0 Å². The van der Waals surface area contributed by atoms with E-state index in [2.05, 4.69) is 53.5 Å². The molecule has 0 radical (unpaired) electrons. The lowest BCUT2D eigenvalue weighted by molar-refractivity contribution is 0.269. The minimum atomic E-state index is -0.00238. The fourth-order valence-corrected chi connectivity index (χ4v) is 0.746. The van der Waals surface area contributed by atoms with Crippen molar-refractivity contribution >= 4 is 5.84 Å². The molecule has 0 spiro atoms. The van der Waals surface area contributed by atoms with Crippen LogP contribution < -0.4 is 5.73 Å². The van der Waals surface area contributed by atoms with Crippen LogP contribution in [0.4, 0.5) is 0 Å². The molecule has 0 aromatic carbocycles. The van der Waals surface area contributed by atoms with Gasteiger partial charge < -0.3 is 5.73 Å². The Balaban J connectivity index is 4.31. The van der Waals surface area contributed by atoms with Gasteiger partial charge in [-0.1, -0.05) is 48.5 Å². The molecule has 0 aromatic heterocycles. The predicted octanol–water partition coefficient (Wildman–Crippen LogP) is 3.07. The van der Waals surface area contributed by atoms with Crippen LogP contribution in [0.5, 0.6) is 0 Å².